The number of nitrogens with one attached hydrogen (secondary N) is 2. The molecule has 0 atom stereocenters. The topological polar surface area (TPSA) is 41.1 Å². The summed E-state index contributed by atoms with van der Waals surface area (Å²) in [5.74, 6) is 0.707. The van der Waals surface area contributed by atoms with Gasteiger partial charge in [0.1, 0.15) is 0 Å². The summed E-state index contributed by atoms with van der Waals surface area (Å²) in [6.07, 6.45) is 0.494. The molecular formula is C14H19ClN2O. The number of halogens is 1. The zero-order chi connectivity index (χ0) is 13.2. The number of amides is 1. The van der Waals surface area contributed by atoms with Crippen molar-refractivity contribution in [2.45, 2.75) is 25.7 Å². The smallest absolute Gasteiger partial charge is 0.228 e. The molecule has 3 nitrogen and oxygen atoms in total. The van der Waals surface area contributed by atoms with Crippen molar-refractivity contribution in [3.63, 3.8) is 0 Å². The van der Waals surface area contributed by atoms with E-state index in [1.165, 1.54) is 5.56 Å². The highest BCUT2D eigenvalue weighted by atomic mass is 35.5. The van der Waals surface area contributed by atoms with E-state index in [2.05, 4.69) is 36.6 Å². The summed E-state index contributed by atoms with van der Waals surface area (Å²) < 4.78 is 0. The number of carbonyl (C=O) groups is 1. The lowest BCUT2D eigenvalue weighted by atomic mass is 9.83. The Balaban J connectivity index is 2.13. The zero-order valence-electron chi connectivity index (χ0n) is 10.8. The fraction of sp³-hybridized carbons (Fsp3) is 0.500. The lowest BCUT2D eigenvalue weighted by Gasteiger charge is -2.26. The quantitative estimate of drug-likeness (QED) is 0.634. The molecule has 0 unspecified atom stereocenters. The predicted molar refractivity (Wildman–Crippen MR) is 75.4 cm³/mol. The molecule has 98 valence electrons. The van der Waals surface area contributed by atoms with Gasteiger partial charge in [0, 0.05) is 30.1 Å². The van der Waals surface area contributed by atoms with Crippen molar-refractivity contribution >= 4 is 23.2 Å². The maximum atomic E-state index is 11.3. The molecule has 0 fully saturated rings. The molecule has 0 bridgehead atoms. The van der Waals surface area contributed by atoms with Gasteiger partial charge in [-0.05, 0) is 17.2 Å². The van der Waals surface area contributed by atoms with Crippen LogP contribution >= 0.6 is 11.6 Å². The number of carbonyl (C=O) groups excluding carboxylic acids is 1. The molecule has 1 aliphatic heterocycles. The van der Waals surface area contributed by atoms with Gasteiger partial charge in [0.25, 0.3) is 0 Å². The summed E-state index contributed by atoms with van der Waals surface area (Å²) in [5, 5.41) is 6.19. The number of anilines is 1. The van der Waals surface area contributed by atoms with Crippen LogP contribution in [0.1, 0.15) is 25.0 Å². The second kappa shape index (κ2) is 5.29. The van der Waals surface area contributed by atoms with Gasteiger partial charge < -0.3 is 10.6 Å². The number of hydrogen-bond acceptors (Lipinski definition) is 2. The second-order valence-corrected chi connectivity index (χ2v) is 5.72. The van der Waals surface area contributed by atoms with Crippen molar-refractivity contribution in [2.24, 2.45) is 0 Å². The molecule has 0 spiro atoms. The standard InChI is InChI=1S/C14H19ClN2O/c1-14(2,9-16-6-5-15)11-3-4-12-10(7-11)8-13(18)17-12/h3-4,7,16H,5-6,8-9H2,1-2H3,(H,17,18). The molecule has 1 amide bonds. The van der Waals surface area contributed by atoms with Crippen LogP contribution in [-0.2, 0) is 16.6 Å². The van der Waals surface area contributed by atoms with Gasteiger partial charge in [-0.15, -0.1) is 11.6 Å². The first-order valence-corrected chi connectivity index (χ1v) is 6.76. The Morgan fingerprint density at radius 2 is 2.22 bits per heavy atom. The van der Waals surface area contributed by atoms with E-state index in [9.17, 15) is 4.79 Å². The predicted octanol–water partition coefficient (Wildman–Crippen LogP) is 2.29. The molecule has 2 N–H and O–H groups in total. The largest absolute Gasteiger partial charge is 0.326 e. The van der Waals surface area contributed by atoms with Crippen LogP contribution in [0.5, 0.6) is 0 Å². The van der Waals surface area contributed by atoms with E-state index in [1.807, 2.05) is 6.07 Å². The minimum Gasteiger partial charge on any atom is -0.326 e. The van der Waals surface area contributed by atoms with Crippen molar-refractivity contribution in [3.05, 3.63) is 29.3 Å². The number of hydrogen-bond donors (Lipinski definition) is 2. The number of benzene rings is 1. The molecule has 0 aromatic heterocycles. The molecule has 1 aromatic carbocycles. The molecule has 0 saturated carbocycles. The molecule has 1 heterocycles. The molecule has 18 heavy (non-hydrogen) atoms. The van der Waals surface area contributed by atoms with Crippen molar-refractivity contribution < 1.29 is 4.79 Å². The summed E-state index contributed by atoms with van der Waals surface area (Å²) in [6.45, 7) is 6.08. The van der Waals surface area contributed by atoms with Crippen LogP contribution in [0.25, 0.3) is 0 Å². The maximum absolute atomic E-state index is 11.3. The fourth-order valence-corrected chi connectivity index (χ4v) is 2.35. The number of rotatable bonds is 5. The van der Waals surface area contributed by atoms with Gasteiger partial charge in [-0.1, -0.05) is 26.0 Å². The summed E-state index contributed by atoms with van der Waals surface area (Å²) in [4.78, 5) is 11.3. The number of fused-ring (bicyclic) bond motifs is 1. The third kappa shape index (κ3) is 2.85. The van der Waals surface area contributed by atoms with E-state index in [-0.39, 0.29) is 11.3 Å². The van der Waals surface area contributed by atoms with Crippen molar-refractivity contribution in [1.29, 1.82) is 0 Å². The maximum Gasteiger partial charge on any atom is 0.228 e. The van der Waals surface area contributed by atoms with E-state index in [0.29, 0.717) is 12.3 Å². The average molecular weight is 267 g/mol. The molecule has 0 saturated heterocycles. The average Bonchev–Trinajstić information content (AvgIpc) is 2.68. The van der Waals surface area contributed by atoms with Gasteiger partial charge >= 0.3 is 0 Å². The van der Waals surface area contributed by atoms with Crippen LogP contribution < -0.4 is 10.6 Å². The highest BCUT2D eigenvalue weighted by molar-refractivity contribution is 6.18. The normalized spacial score (nSPS) is 14.5. The van der Waals surface area contributed by atoms with Gasteiger partial charge in [-0.2, -0.15) is 0 Å². The minimum atomic E-state index is 0.0345. The fourth-order valence-electron chi connectivity index (χ4n) is 2.22. The lowest BCUT2D eigenvalue weighted by Crippen LogP contribution is -2.34. The van der Waals surface area contributed by atoms with Crippen LogP contribution in [0, 0.1) is 0 Å². The van der Waals surface area contributed by atoms with Gasteiger partial charge in [0.15, 0.2) is 0 Å². The molecule has 0 radical (unpaired) electrons. The van der Waals surface area contributed by atoms with Crippen LogP contribution in [0.2, 0.25) is 0 Å². The Hall–Kier alpha value is -1.06. The van der Waals surface area contributed by atoms with E-state index in [1.54, 1.807) is 0 Å². The number of alkyl halides is 1. The van der Waals surface area contributed by atoms with Crippen LogP contribution in [0.4, 0.5) is 5.69 Å². The Morgan fingerprint density at radius 3 is 2.94 bits per heavy atom. The lowest BCUT2D eigenvalue weighted by molar-refractivity contribution is -0.115. The van der Waals surface area contributed by atoms with E-state index >= 15 is 0 Å². The van der Waals surface area contributed by atoms with Gasteiger partial charge in [-0.3, -0.25) is 4.79 Å². The third-order valence-corrected chi connectivity index (χ3v) is 3.54. The van der Waals surface area contributed by atoms with Crippen molar-refractivity contribution in [3.8, 4) is 0 Å². The Labute approximate surface area is 113 Å². The second-order valence-electron chi connectivity index (χ2n) is 5.35. The van der Waals surface area contributed by atoms with Gasteiger partial charge in [0.2, 0.25) is 5.91 Å². The van der Waals surface area contributed by atoms with Crippen LogP contribution in [-0.4, -0.2) is 24.9 Å². The van der Waals surface area contributed by atoms with Crippen molar-refractivity contribution in [2.75, 3.05) is 24.3 Å². The van der Waals surface area contributed by atoms with Crippen LogP contribution in [0.15, 0.2) is 18.2 Å². The first-order chi connectivity index (χ1) is 8.53. The van der Waals surface area contributed by atoms with Crippen LogP contribution in [0.3, 0.4) is 0 Å². The molecule has 4 heteroatoms. The van der Waals surface area contributed by atoms with E-state index in [4.69, 9.17) is 11.6 Å². The SMILES string of the molecule is CC(C)(CNCCCl)c1ccc2c(c1)CC(=O)N2. The highest BCUT2D eigenvalue weighted by Gasteiger charge is 2.24. The summed E-state index contributed by atoms with van der Waals surface area (Å²) in [7, 11) is 0. The Morgan fingerprint density at radius 1 is 1.44 bits per heavy atom. The molecule has 0 aliphatic carbocycles. The first kappa shape index (κ1) is 13.4. The van der Waals surface area contributed by atoms with Gasteiger partial charge in [0.05, 0.1) is 6.42 Å². The van der Waals surface area contributed by atoms with E-state index in [0.717, 1.165) is 24.3 Å². The molecular weight excluding hydrogens is 248 g/mol. The molecule has 2 rings (SSSR count). The molecule has 1 aromatic rings. The van der Waals surface area contributed by atoms with Gasteiger partial charge in [-0.25, -0.2) is 0 Å². The summed E-state index contributed by atoms with van der Waals surface area (Å²) in [6, 6.07) is 6.22. The monoisotopic (exact) mass is 266 g/mol. The third-order valence-electron chi connectivity index (χ3n) is 3.35. The minimum absolute atomic E-state index is 0.0345. The van der Waals surface area contributed by atoms with E-state index < -0.39 is 0 Å². The first-order valence-electron chi connectivity index (χ1n) is 6.23. The Bertz CT molecular complexity index is 457. The summed E-state index contributed by atoms with van der Waals surface area (Å²) >= 11 is 5.66. The highest BCUT2D eigenvalue weighted by Crippen LogP contribution is 2.29. The zero-order valence-corrected chi connectivity index (χ0v) is 11.6. The Kier molecular flexibility index (Phi) is 3.93. The molecule has 1 aliphatic rings. The van der Waals surface area contributed by atoms with Crippen molar-refractivity contribution in [1.82, 2.24) is 5.32 Å². The summed E-state index contributed by atoms with van der Waals surface area (Å²) in [5.41, 5.74) is 3.34.